The Morgan fingerprint density at radius 3 is 2.24 bits per heavy atom. The molecule has 0 bridgehead atoms. The summed E-state index contributed by atoms with van der Waals surface area (Å²) in [7, 11) is 9.31. The minimum atomic E-state index is 0.877. The van der Waals surface area contributed by atoms with Crippen LogP contribution in [-0.4, -0.2) is 41.9 Å². The molecule has 4 nitrogen and oxygen atoms in total. The molecule has 0 atom stereocenters. The van der Waals surface area contributed by atoms with Crippen LogP contribution in [0.1, 0.15) is 5.56 Å². The second-order valence-electron chi connectivity index (χ2n) is 4.08. The van der Waals surface area contributed by atoms with E-state index in [-0.39, 0.29) is 0 Å². The summed E-state index contributed by atoms with van der Waals surface area (Å²) in [5.41, 5.74) is 2.18. The summed E-state index contributed by atoms with van der Waals surface area (Å²) in [6, 6.07) is 4.06. The summed E-state index contributed by atoms with van der Waals surface area (Å²) >= 11 is 0. The fourth-order valence-corrected chi connectivity index (χ4v) is 1.75. The first-order valence-corrected chi connectivity index (χ1v) is 5.70. The number of methoxy groups -OCH3 is 2. The van der Waals surface area contributed by atoms with E-state index in [9.17, 15) is 0 Å². The van der Waals surface area contributed by atoms with Crippen molar-refractivity contribution in [3.05, 3.63) is 17.7 Å². The van der Waals surface area contributed by atoms with E-state index in [0.29, 0.717) is 0 Å². The Morgan fingerprint density at radius 1 is 1.12 bits per heavy atom. The molecule has 0 aliphatic carbocycles. The zero-order chi connectivity index (χ0) is 12.8. The standard InChI is InChI=1S/C13H22N2O2/c1-14-7-6-10-8-13(17-5)11(15(2)3)9-12(10)16-4/h8-9,14H,6-7H2,1-5H3. The number of rotatable bonds is 6. The van der Waals surface area contributed by atoms with Crippen molar-refractivity contribution in [1.82, 2.24) is 5.32 Å². The molecule has 17 heavy (non-hydrogen) atoms. The van der Waals surface area contributed by atoms with Crippen LogP contribution in [0.5, 0.6) is 11.5 Å². The molecule has 0 amide bonds. The monoisotopic (exact) mass is 238 g/mol. The van der Waals surface area contributed by atoms with Crippen molar-refractivity contribution in [2.45, 2.75) is 6.42 Å². The van der Waals surface area contributed by atoms with E-state index in [4.69, 9.17) is 9.47 Å². The molecule has 0 saturated carbocycles. The lowest BCUT2D eigenvalue weighted by molar-refractivity contribution is 0.399. The first-order chi connectivity index (χ1) is 8.13. The van der Waals surface area contributed by atoms with E-state index in [0.717, 1.165) is 35.7 Å². The van der Waals surface area contributed by atoms with E-state index >= 15 is 0 Å². The van der Waals surface area contributed by atoms with Gasteiger partial charge in [0.05, 0.1) is 19.9 Å². The molecule has 1 rings (SSSR count). The van der Waals surface area contributed by atoms with Crippen LogP contribution in [0.15, 0.2) is 12.1 Å². The van der Waals surface area contributed by atoms with Gasteiger partial charge >= 0.3 is 0 Å². The van der Waals surface area contributed by atoms with Gasteiger partial charge in [0.2, 0.25) is 0 Å². The molecule has 0 aliphatic heterocycles. The highest BCUT2D eigenvalue weighted by atomic mass is 16.5. The normalized spacial score (nSPS) is 10.2. The van der Waals surface area contributed by atoms with Gasteiger partial charge in [0, 0.05) is 20.2 Å². The molecular weight excluding hydrogens is 216 g/mol. The van der Waals surface area contributed by atoms with Crippen LogP contribution in [-0.2, 0) is 6.42 Å². The Bertz CT molecular complexity index is 365. The average Bonchev–Trinajstić information content (AvgIpc) is 2.34. The van der Waals surface area contributed by atoms with Gasteiger partial charge in [0.15, 0.2) is 0 Å². The van der Waals surface area contributed by atoms with E-state index in [1.54, 1.807) is 14.2 Å². The molecule has 1 aromatic rings. The number of ether oxygens (including phenoxy) is 2. The van der Waals surface area contributed by atoms with Crippen molar-refractivity contribution < 1.29 is 9.47 Å². The number of nitrogens with zero attached hydrogens (tertiary/aromatic N) is 1. The Balaban J connectivity index is 3.13. The quantitative estimate of drug-likeness (QED) is 0.815. The van der Waals surface area contributed by atoms with Crippen molar-refractivity contribution in [2.75, 3.05) is 46.8 Å². The van der Waals surface area contributed by atoms with Gasteiger partial charge < -0.3 is 19.7 Å². The van der Waals surface area contributed by atoms with E-state index < -0.39 is 0 Å². The zero-order valence-electron chi connectivity index (χ0n) is 11.3. The third kappa shape index (κ3) is 3.27. The highest BCUT2D eigenvalue weighted by Crippen LogP contribution is 2.34. The van der Waals surface area contributed by atoms with E-state index in [1.807, 2.05) is 38.2 Å². The maximum absolute atomic E-state index is 5.42. The van der Waals surface area contributed by atoms with Crippen LogP contribution in [0.2, 0.25) is 0 Å². The van der Waals surface area contributed by atoms with Crippen LogP contribution in [0.25, 0.3) is 0 Å². The molecular formula is C13H22N2O2. The number of anilines is 1. The Morgan fingerprint density at radius 2 is 1.76 bits per heavy atom. The van der Waals surface area contributed by atoms with Crippen LogP contribution in [0.3, 0.4) is 0 Å². The fourth-order valence-electron chi connectivity index (χ4n) is 1.75. The second kappa shape index (κ2) is 6.35. The minimum Gasteiger partial charge on any atom is -0.496 e. The molecule has 4 heteroatoms. The Labute approximate surface area is 104 Å². The molecule has 0 heterocycles. The number of nitrogens with one attached hydrogen (secondary N) is 1. The third-order valence-corrected chi connectivity index (χ3v) is 2.71. The van der Waals surface area contributed by atoms with Crippen molar-refractivity contribution in [3.63, 3.8) is 0 Å². The summed E-state index contributed by atoms with van der Waals surface area (Å²) < 4.78 is 10.8. The molecule has 96 valence electrons. The van der Waals surface area contributed by atoms with Crippen molar-refractivity contribution in [3.8, 4) is 11.5 Å². The van der Waals surface area contributed by atoms with Gasteiger partial charge in [-0.3, -0.25) is 0 Å². The molecule has 0 spiro atoms. The van der Waals surface area contributed by atoms with Gasteiger partial charge in [-0.1, -0.05) is 0 Å². The number of benzene rings is 1. The van der Waals surface area contributed by atoms with Crippen LogP contribution in [0.4, 0.5) is 5.69 Å². The van der Waals surface area contributed by atoms with Gasteiger partial charge in [-0.05, 0) is 31.6 Å². The minimum absolute atomic E-state index is 0.877. The molecule has 0 aliphatic rings. The molecule has 1 N–H and O–H groups in total. The van der Waals surface area contributed by atoms with Gasteiger partial charge in [0.25, 0.3) is 0 Å². The van der Waals surface area contributed by atoms with Gasteiger partial charge in [0.1, 0.15) is 11.5 Å². The predicted octanol–water partition coefficient (Wildman–Crippen LogP) is 1.53. The molecule has 0 radical (unpaired) electrons. The lowest BCUT2D eigenvalue weighted by Crippen LogP contribution is -2.13. The smallest absolute Gasteiger partial charge is 0.142 e. The van der Waals surface area contributed by atoms with Crippen LogP contribution >= 0.6 is 0 Å². The third-order valence-electron chi connectivity index (χ3n) is 2.71. The Hall–Kier alpha value is -1.42. The first kappa shape index (κ1) is 13.6. The van der Waals surface area contributed by atoms with Crippen molar-refractivity contribution in [2.24, 2.45) is 0 Å². The summed E-state index contributed by atoms with van der Waals surface area (Å²) in [6.07, 6.45) is 0.920. The van der Waals surface area contributed by atoms with Crippen molar-refractivity contribution >= 4 is 5.69 Å². The maximum atomic E-state index is 5.42. The predicted molar refractivity (Wildman–Crippen MR) is 71.5 cm³/mol. The summed E-state index contributed by atoms with van der Waals surface area (Å²) in [5, 5.41) is 3.14. The first-order valence-electron chi connectivity index (χ1n) is 5.70. The highest BCUT2D eigenvalue weighted by molar-refractivity contribution is 5.63. The highest BCUT2D eigenvalue weighted by Gasteiger charge is 2.12. The lowest BCUT2D eigenvalue weighted by Gasteiger charge is -2.19. The SMILES string of the molecule is CNCCc1cc(OC)c(N(C)C)cc1OC. The maximum Gasteiger partial charge on any atom is 0.142 e. The average molecular weight is 238 g/mol. The topological polar surface area (TPSA) is 33.7 Å². The molecule has 0 aromatic heterocycles. The van der Waals surface area contributed by atoms with Gasteiger partial charge in [-0.25, -0.2) is 0 Å². The fraction of sp³-hybridized carbons (Fsp3) is 0.538. The second-order valence-corrected chi connectivity index (χ2v) is 4.08. The number of hydrogen-bond donors (Lipinski definition) is 1. The summed E-state index contributed by atoms with van der Waals surface area (Å²) in [4.78, 5) is 2.02. The van der Waals surface area contributed by atoms with Gasteiger partial charge in [-0.15, -0.1) is 0 Å². The number of hydrogen-bond acceptors (Lipinski definition) is 4. The summed E-state index contributed by atoms with van der Waals surface area (Å²) in [5.74, 6) is 1.78. The van der Waals surface area contributed by atoms with E-state index in [2.05, 4.69) is 5.32 Å². The zero-order valence-corrected chi connectivity index (χ0v) is 11.3. The summed E-state index contributed by atoms with van der Waals surface area (Å²) in [6.45, 7) is 0.917. The van der Waals surface area contributed by atoms with Crippen LogP contribution in [0, 0.1) is 0 Å². The van der Waals surface area contributed by atoms with Gasteiger partial charge in [-0.2, -0.15) is 0 Å². The number of likely N-dealkylation sites (N-methyl/N-ethyl adjacent to an activating group) is 1. The molecule has 0 fully saturated rings. The molecule has 0 unspecified atom stereocenters. The van der Waals surface area contributed by atoms with Crippen molar-refractivity contribution in [1.29, 1.82) is 0 Å². The van der Waals surface area contributed by atoms with Crippen LogP contribution < -0.4 is 19.7 Å². The largest absolute Gasteiger partial charge is 0.496 e. The molecule has 1 aromatic carbocycles. The van der Waals surface area contributed by atoms with E-state index in [1.165, 1.54) is 0 Å². The molecule has 0 saturated heterocycles. The lowest BCUT2D eigenvalue weighted by atomic mass is 10.1. The Kier molecular flexibility index (Phi) is 5.10.